The summed E-state index contributed by atoms with van der Waals surface area (Å²) in [6, 6.07) is 14.6. The van der Waals surface area contributed by atoms with Crippen LogP contribution in [0, 0.1) is 24.4 Å². The summed E-state index contributed by atoms with van der Waals surface area (Å²) in [4.78, 5) is 0. The number of aryl methyl sites for hydroxylation is 1. The molecule has 0 atom stereocenters. The summed E-state index contributed by atoms with van der Waals surface area (Å²) >= 11 is 0. The molecular weight excluding hydrogens is 377 g/mol. The predicted molar refractivity (Wildman–Crippen MR) is 108 cm³/mol. The second-order valence-corrected chi connectivity index (χ2v) is 6.83. The number of rotatable bonds is 8. The highest BCUT2D eigenvalue weighted by atomic mass is 19.2. The Hall–Kier alpha value is -2.95. The SMILES string of the molecule is CCCCOc1ccc(-c2ccc(OCc3ccc(C)c(F)c3F)cc2)c(F)c1. The van der Waals surface area contributed by atoms with Gasteiger partial charge < -0.3 is 9.47 Å². The molecule has 0 spiro atoms. The molecule has 2 nitrogen and oxygen atoms in total. The lowest BCUT2D eigenvalue weighted by Crippen LogP contribution is -2.02. The van der Waals surface area contributed by atoms with Gasteiger partial charge in [-0.05, 0) is 48.7 Å². The summed E-state index contributed by atoms with van der Waals surface area (Å²) in [5.74, 6) is -1.14. The van der Waals surface area contributed by atoms with Crippen molar-refractivity contribution in [3.05, 3.63) is 83.2 Å². The van der Waals surface area contributed by atoms with Crippen molar-refractivity contribution in [3.8, 4) is 22.6 Å². The number of halogens is 3. The minimum absolute atomic E-state index is 0.0967. The molecule has 3 rings (SSSR count). The Morgan fingerprint density at radius 1 is 0.793 bits per heavy atom. The van der Waals surface area contributed by atoms with E-state index in [9.17, 15) is 13.2 Å². The second-order valence-electron chi connectivity index (χ2n) is 6.83. The van der Waals surface area contributed by atoms with Crippen LogP contribution in [0.3, 0.4) is 0 Å². The van der Waals surface area contributed by atoms with Gasteiger partial charge in [0.15, 0.2) is 11.6 Å². The van der Waals surface area contributed by atoms with Crippen molar-refractivity contribution in [2.75, 3.05) is 6.61 Å². The number of hydrogen-bond donors (Lipinski definition) is 0. The molecule has 0 radical (unpaired) electrons. The quantitative estimate of drug-likeness (QED) is 0.386. The molecule has 0 saturated heterocycles. The monoisotopic (exact) mass is 400 g/mol. The van der Waals surface area contributed by atoms with Crippen molar-refractivity contribution in [1.82, 2.24) is 0 Å². The Labute approximate surface area is 168 Å². The van der Waals surface area contributed by atoms with E-state index in [1.165, 1.54) is 25.1 Å². The summed E-state index contributed by atoms with van der Waals surface area (Å²) in [7, 11) is 0. The Balaban J connectivity index is 1.66. The van der Waals surface area contributed by atoms with Crippen molar-refractivity contribution in [2.45, 2.75) is 33.3 Å². The van der Waals surface area contributed by atoms with Crippen molar-refractivity contribution in [1.29, 1.82) is 0 Å². The highest BCUT2D eigenvalue weighted by Gasteiger charge is 2.12. The average molecular weight is 400 g/mol. The second kappa shape index (κ2) is 9.50. The molecule has 3 aromatic rings. The zero-order valence-corrected chi connectivity index (χ0v) is 16.5. The van der Waals surface area contributed by atoms with Gasteiger partial charge in [-0.2, -0.15) is 0 Å². The summed E-state index contributed by atoms with van der Waals surface area (Å²) in [5, 5.41) is 0. The third kappa shape index (κ3) is 5.11. The van der Waals surface area contributed by atoms with E-state index in [0.717, 1.165) is 12.8 Å². The van der Waals surface area contributed by atoms with Gasteiger partial charge in [0.1, 0.15) is 23.9 Å². The first kappa shape index (κ1) is 20.8. The Morgan fingerprint density at radius 2 is 1.52 bits per heavy atom. The minimum atomic E-state index is -0.898. The van der Waals surface area contributed by atoms with Crippen LogP contribution < -0.4 is 9.47 Å². The van der Waals surface area contributed by atoms with E-state index in [1.807, 2.05) is 0 Å². The Kier molecular flexibility index (Phi) is 6.81. The zero-order valence-electron chi connectivity index (χ0n) is 16.5. The molecule has 0 heterocycles. The highest BCUT2D eigenvalue weighted by Crippen LogP contribution is 2.28. The molecule has 0 aromatic heterocycles. The van der Waals surface area contributed by atoms with Crippen molar-refractivity contribution < 1.29 is 22.6 Å². The average Bonchev–Trinajstić information content (AvgIpc) is 2.72. The first-order chi connectivity index (χ1) is 14.0. The van der Waals surface area contributed by atoms with Gasteiger partial charge in [-0.15, -0.1) is 0 Å². The molecule has 0 aliphatic rings. The molecule has 5 heteroatoms. The van der Waals surface area contributed by atoms with Crippen molar-refractivity contribution >= 4 is 0 Å². The van der Waals surface area contributed by atoms with E-state index < -0.39 is 11.6 Å². The standard InChI is InChI=1S/C24H23F3O2/c1-3-4-13-28-20-11-12-21(22(25)14-20)17-7-9-19(10-8-17)29-15-18-6-5-16(2)23(26)24(18)27/h5-12,14H,3-4,13,15H2,1-2H3. The van der Waals surface area contributed by atoms with Crippen molar-refractivity contribution in [3.63, 3.8) is 0 Å². The van der Waals surface area contributed by atoms with E-state index in [-0.39, 0.29) is 23.6 Å². The van der Waals surface area contributed by atoms with Crippen LogP contribution in [0.15, 0.2) is 54.6 Å². The third-order valence-electron chi connectivity index (χ3n) is 4.62. The van der Waals surface area contributed by atoms with Gasteiger partial charge in [0.25, 0.3) is 0 Å². The molecule has 152 valence electrons. The first-order valence-electron chi connectivity index (χ1n) is 9.58. The molecule has 29 heavy (non-hydrogen) atoms. The van der Waals surface area contributed by atoms with E-state index in [4.69, 9.17) is 9.47 Å². The molecule has 0 aliphatic heterocycles. The highest BCUT2D eigenvalue weighted by molar-refractivity contribution is 5.65. The number of unbranched alkanes of at least 4 members (excludes halogenated alkanes) is 1. The molecule has 0 saturated carbocycles. The van der Waals surface area contributed by atoms with E-state index in [2.05, 4.69) is 6.92 Å². The lowest BCUT2D eigenvalue weighted by atomic mass is 10.0. The van der Waals surface area contributed by atoms with Crippen molar-refractivity contribution in [2.24, 2.45) is 0 Å². The lowest BCUT2D eigenvalue weighted by Gasteiger charge is -2.11. The normalized spacial score (nSPS) is 10.8. The maximum Gasteiger partial charge on any atom is 0.165 e. The minimum Gasteiger partial charge on any atom is -0.493 e. The van der Waals surface area contributed by atoms with Crippen LogP contribution in [-0.2, 0) is 6.61 Å². The summed E-state index contributed by atoms with van der Waals surface area (Å²) < 4.78 is 53.1. The van der Waals surface area contributed by atoms with Crippen LogP contribution in [0.5, 0.6) is 11.5 Å². The van der Waals surface area contributed by atoms with Gasteiger partial charge in [-0.3, -0.25) is 0 Å². The molecule has 0 aliphatic carbocycles. The fourth-order valence-electron chi connectivity index (χ4n) is 2.84. The number of ether oxygens (including phenoxy) is 2. The number of hydrogen-bond acceptors (Lipinski definition) is 2. The number of benzene rings is 3. The smallest absolute Gasteiger partial charge is 0.165 e. The zero-order chi connectivity index (χ0) is 20.8. The summed E-state index contributed by atoms with van der Waals surface area (Å²) in [5.41, 5.74) is 1.52. The van der Waals surface area contributed by atoms with Crippen LogP contribution in [0.1, 0.15) is 30.9 Å². The summed E-state index contributed by atoms with van der Waals surface area (Å²) in [6.45, 7) is 4.04. The van der Waals surface area contributed by atoms with Gasteiger partial charge in [-0.1, -0.05) is 37.6 Å². The third-order valence-corrected chi connectivity index (χ3v) is 4.62. The molecule has 0 N–H and O–H groups in total. The molecule has 3 aromatic carbocycles. The van der Waals surface area contributed by atoms with E-state index in [0.29, 0.717) is 29.2 Å². The maximum absolute atomic E-state index is 14.4. The van der Waals surface area contributed by atoms with Gasteiger partial charge in [0.05, 0.1) is 6.61 Å². The predicted octanol–water partition coefficient (Wildman–Crippen LogP) is 6.84. The molecule has 0 fully saturated rings. The molecule has 0 unspecified atom stereocenters. The molecule has 0 amide bonds. The maximum atomic E-state index is 14.4. The Morgan fingerprint density at radius 3 is 2.21 bits per heavy atom. The topological polar surface area (TPSA) is 18.5 Å². The molecular formula is C24H23F3O2. The van der Waals surface area contributed by atoms with Gasteiger partial charge in [-0.25, -0.2) is 13.2 Å². The van der Waals surface area contributed by atoms with Gasteiger partial charge in [0, 0.05) is 17.2 Å². The largest absolute Gasteiger partial charge is 0.493 e. The lowest BCUT2D eigenvalue weighted by molar-refractivity contribution is 0.297. The van der Waals surface area contributed by atoms with Gasteiger partial charge >= 0.3 is 0 Å². The fourth-order valence-corrected chi connectivity index (χ4v) is 2.84. The van der Waals surface area contributed by atoms with Crippen LogP contribution >= 0.6 is 0 Å². The Bertz CT molecular complexity index is 969. The summed E-state index contributed by atoms with van der Waals surface area (Å²) in [6.07, 6.45) is 1.93. The van der Waals surface area contributed by atoms with Crippen LogP contribution in [0.2, 0.25) is 0 Å². The first-order valence-corrected chi connectivity index (χ1v) is 9.58. The molecule has 0 bridgehead atoms. The fraction of sp³-hybridized carbons (Fsp3) is 0.250. The van der Waals surface area contributed by atoms with Crippen LogP contribution in [0.4, 0.5) is 13.2 Å². The van der Waals surface area contributed by atoms with E-state index >= 15 is 0 Å². The van der Waals surface area contributed by atoms with Gasteiger partial charge in [0.2, 0.25) is 0 Å². The van der Waals surface area contributed by atoms with Crippen LogP contribution in [0.25, 0.3) is 11.1 Å². The van der Waals surface area contributed by atoms with Crippen LogP contribution in [-0.4, -0.2) is 6.61 Å². The van der Waals surface area contributed by atoms with E-state index in [1.54, 1.807) is 36.4 Å².